The Morgan fingerprint density at radius 2 is 1.87 bits per heavy atom. The molecule has 0 fully saturated rings. The lowest BCUT2D eigenvalue weighted by atomic mass is 9.87. The van der Waals surface area contributed by atoms with Crippen LogP contribution in [0.15, 0.2) is 24.3 Å². The molecule has 23 heavy (non-hydrogen) atoms. The van der Waals surface area contributed by atoms with Gasteiger partial charge >= 0.3 is 0 Å². The van der Waals surface area contributed by atoms with Gasteiger partial charge in [0.25, 0.3) is 5.95 Å². The average molecular weight is 336 g/mol. The molecule has 0 spiro atoms. The normalized spacial score (nSPS) is 11.6. The molecule has 0 radical (unpaired) electrons. The van der Waals surface area contributed by atoms with Gasteiger partial charge in [0.05, 0.1) is 6.04 Å². The van der Waals surface area contributed by atoms with Crippen molar-refractivity contribution in [3.05, 3.63) is 35.1 Å². The van der Waals surface area contributed by atoms with E-state index in [1.54, 1.807) is 5.06 Å². The van der Waals surface area contributed by atoms with Gasteiger partial charge in [-0.25, -0.2) is 0 Å². The van der Waals surface area contributed by atoms with E-state index >= 15 is 0 Å². The van der Waals surface area contributed by atoms with Crippen LogP contribution in [0.2, 0.25) is 5.28 Å². The van der Waals surface area contributed by atoms with Crippen LogP contribution < -0.4 is 15.6 Å². The summed E-state index contributed by atoms with van der Waals surface area (Å²) in [7, 11) is 0. The van der Waals surface area contributed by atoms with Gasteiger partial charge in [-0.15, -0.1) is 0 Å². The monoisotopic (exact) mass is 335 g/mol. The summed E-state index contributed by atoms with van der Waals surface area (Å²) < 4.78 is 0. The summed E-state index contributed by atoms with van der Waals surface area (Å²) in [5.41, 5.74) is 6.85. The van der Waals surface area contributed by atoms with Crippen molar-refractivity contribution in [2.75, 3.05) is 10.8 Å². The van der Waals surface area contributed by atoms with Crippen molar-refractivity contribution in [2.45, 2.75) is 46.1 Å². The zero-order valence-corrected chi connectivity index (χ0v) is 14.8. The molecule has 0 saturated heterocycles. The molecule has 1 heterocycles. The molecule has 0 bridgehead atoms. The van der Waals surface area contributed by atoms with E-state index < -0.39 is 0 Å². The van der Waals surface area contributed by atoms with E-state index in [9.17, 15) is 0 Å². The molecule has 0 aliphatic rings. The summed E-state index contributed by atoms with van der Waals surface area (Å²) in [4.78, 5) is 17.9. The van der Waals surface area contributed by atoms with Crippen molar-refractivity contribution in [1.29, 1.82) is 0 Å². The summed E-state index contributed by atoms with van der Waals surface area (Å²) >= 11 is 5.86. The lowest BCUT2D eigenvalue weighted by molar-refractivity contribution is 0.246. The first-order valence-corrected chi connectivity index (χ1v) is 7.79. The van der Waals surface area contributed by atoms with Crippen LogP contribution >= 0.6 is 11.6 Å². The maximum absolute atomic E-state index is 5.97. The van der Waals surface area contributed by atoms with Crippen molar-refractivity contribution in [3.8, 4) is 5.75 Å². The summed E-state index contributed by atoms with van der Waals surface area (Å²) in [5, 5.41) is 1.59. The Bertz CT molecular complexity index is 664. The van der Waals surface area contributed by atoms with Gasteiger partial charge in [0.15, 0.2) is 5.75 Å². The number of benzene rings is 1. The van der Waals surface area contributed by atoms with Gasteiger partial charge in [0.1, 0.15) is 0 Å². The van der Waals surface area contributed by atoms with Gasteiger partial charge in [-0.1, -0.05) is 32.9 Å². The minimum atomic E-state index is -0.0221. The van der Waals surface area contributed by atoms with E-state index in [-0.39, 0.29) is 28.6 Å². The number of rotatable bonds is 4. The highest BCUT2D eigenvalue weighted by Crippen LogP contribution is 2.27. The van der Waals surface area contributed by atoms with Crippen LogP contribution in [0.4, 0.5) is 11.9 Å². The fourth-order valence-corrected chi connectivity index (χ4v) is 2.13. The Labute approximate surface area is 141 Å². The Balaban J connectivity index is 2.34. The van der Waals surface area contributed by atoms with E-state index in [4.69, 9.17) is 22.2 Å². The molecule has 2 N–H and O–H groups in total. The fourth-order valence-electron chi connectivity index (χ4n) is 1.96. The van der Waals surface area contributed by atoms with Crippen LogP contribution in [0.25, 0.3) is 0 Å². The predicted molar refractivity (Wildman–Crippen MR) is 92.6 cm³/mol. The SMILES string of the molecule is CC(C)N(Oc1cccc(C(C)(C)C)c1)c1nc(N)nc(Cl)n1. The molecule has 124 valence electrons. The number of nitrogens with two attached hydrogens (primary N) is 1. The zero-order chi connectivity index (χ0) is 17.2. The summed E-state index contributed by atoms with van der Waals surface area (Å²) in [6.45, 7) is 10.4. The molecule has 0 atom stereocenters. The number of aromatic nitrogens is 3. The van der Waals surface area contributed by atoms with Crippen LogP contribution in [0, 0.1) is 0 Å². The van der Waals surface area contributed by atoms with Crippen LogP contribution in [0.1, 0.15) is 40.2 Å². The molecule has 2 aromatic rings. The third kappa shape index (κ3) is 4.45. The first kappa shape index (κ1) is 17.3. The summed E-state index contributed by atoms with van der Waals surface area (Å²) in [6.07, 6.45) is 0. The molecule has 0 aliphatic heterocycles. The molecule has 6 nitrogen and oxygen atoms in total. The second kappa shape index (κ2) is 6.58. The average Bonchev–Trinajstić information content (AvgIpc) is 2.42. The first-order chi connectivity index (χ1) is 10.7. The Kier molecular flexibility index (Phi) is 4.94. The highest BCUT2D eigenvalue weighted by atomic mass is 35.5. The summed E-state index contributed by atoms with van der Waals surface area (Å²) in [5.74, 6) is 1.03. The number of hydrogen-bond acceptors (Lipinski definition) is 6. The van der Waals surface area contributed by atoms with E-state index in [0.717, 1.165) is 0 Å². The quantitative estimate of drug-likeness (QED) is 0.860. The number of anilines is 2. The number of nitrogen functional groups attached to an aromatic ring is 1. The van der Waals surface area contributed by atoms with Crippen molar-refractivity contribution in [1.82, 2.24) is 15.0 Å². The number of halogens is 1. The highest BCUT2D eigenvalue weighted by Gasteiger charge is 2.20. The maximum Gasteiger partial charge on any atom is 0.265 e. The van der Waals surface area contributed by atoms with Crippen molar-refractivity contribution < 1.29 is 4.84 Å². The van der Waals surface area contributed by atoms with E-state index in [2.05, 4.69) is 41.8 Å². The lowest BCUT2D eigenvalue weighted by Crippen LogP contribution is -2.36. The molecule has 7 heteroatoms. The molecule has 2 rings (SSSR count). The highest BCUT2D eigenvalue weighted by molar-refractivity contribution is 6.28. The predicted octanol–water partition coefficient (Wildman–Crippen LogP) is 3.61. The molecule has 0 saturated carbocycles. The van der Waals surface area contributed by atoms with Gasteiger partial charge in [0.2, 0.25) is 11.2 Å². The molecule has 0 amide bonds. The maximum atomic E-state index is 5.97. The first-order valence-electron chi connectivity index (χ1n) is 7.41. The van der Waals surface area contributed by atoms with Gasteiger partial charge in [0, 0.05) is 0 Å². The standard InChI is InChI=1S/C16H22ClN5O/c1-10(2)22(15-20-13(17)19-14(18)21-15)23-12-8-6-7-11(9-12)16(3,4)5/h6-10H,1-5H3,(H2,18,19,20,21). The number of nitrogens with zero attached hydrogens (tertiary/aromatic N) is 4. The van der Waals surface area contributed by atoms with Crippen LogP contribution in [-0.2, 0) is 5.41 Å². The Hall–Kier alpha value is -2.08. The minimum Gasteiger partial charge on any atom is -0.376 e. The fraction of sp³-hybridized carbons (Fsp3) is 0.438. The molecule has 0 unspecified atom stereocenters. The van der Waals surface area contributed by atoms with E-state index in [1.807, 2.05) is 32.0 Å². The molecule has 1 aromatic carbocycles. The molecule has 0 aliphatic carbocycles. The minimum absolute atomic E-state index is 0.0221. The van der Waals surface area contributed by atoms with E-state index in [0.29, 0.717) is 5.75 Å². The van der Waals surface area contributed by atoms with Crippen LogP contribution in [-0.4, -0.2) is 21.0 Å². The number of hydrogen-bond donors (Lipinski definition) is 1. The van der Waals surface area contributed by atoms with E-state index in [1.165, 1.54) is 5.56 Å². The smallest absolute Gasteiger partial charge is 0.265 e. The zero-order valence-electron chi connectivity index (χ0n) is 14.0. The second-order valence-corrected chi connectivity index (χ2v) is 6.89. The van der Waals surface area contributed by atoms with Crippen molar-refractivity contribution in [3.63, 3.8) is 0 Å². The van der Waals surface area contributed by atoms with Crippen molar-refractivity contribution in [2.24, 2.45) is 0 Å². The topological polar surface area (TPSA) is 77.2 Å². The Morgan fingerprint density at radius 1 is 1.17 bits per heavy atom. The number of hydroxylamine groups is 1. The van der Waals surface area contributed by atoms with Gasteiger partial charge < -0.3 is 10.6 Å². The van der Waals surface area contributed by atoms with Gasteiger partial charge in [-0.3, -0.25) is 0 Å². The molecular formula is C16H22ClN5O. The van der Waals surface area contributed by atoms with Gasteiger partial charge in [-0.05, 0) is 48.6 Å². The third-order valence-electron chi connectivity index (χ3n) is 3.18. The van der Waals surface area contributed by atoms with Crippen molar-refractivity contribution >= 4 is 23.5 Å². The third-order valence-corrected chi connectivity index (χ3v) is 3.35. The molecule has 1 aromatic heterocycles. The largest absolute Gasteiger partial charge is 0.376 e. The lowest BCUT2D eigenvalue weighted by Gasteiger charge is -2.27. The van der Waals surface area contributed by atoms with Gasteiger partial charge in [-0.2, -0.15) is 20.0 Å². The van der Waals surface area contributed by atoms with Crippen LogP contribution in [0.5, 0.6) is 5.75 Å². The second-order valence-electron chi connectivity index (χ2n) is 6.55. The van der Waals surface area contributed by atoms with Crippen LogP contribution in [0.3, 0.4) is 0 Å². The summed E-state index contributed by atoms with van der Waals surface area (Å²) in [6, 6.07) is 7.90. The Morgan fingerprint density at radius 3 is 2.43 bits per heavy atom. The molecular weight excluding hydrogens is 314 g/mol.